The van der Waals surface area contributed by atoms with Gasteiger partial charge in [-0.2, -0.15) is 0 Å². The van der Waals surface area contributed by atoms with Gasteiger partial charge in [-0.25, -0.2) is 15.0 Å². The van der Waals surface area contributed by atoms with Gasteiger partial charge in [0.25, 0.3) is 0 Å². The van der Waals surface area contributed by atoms with Crippen LogP contribution in [0.3, 0.4) is 0 Å². The Hall–Kier alpha value is -2.86. The lowest BCUT2D eigenvalue weighted by molar-refractivity contribution is 1.06. The maximum Gasteiger partial charge on any atom is 0.164 e. The second-order valence-electron chi connectivity index (χ2n) is 5.89. The summed E-state index contributed by atoms with van der Waals surface area (Å²) in [6.07, 6.45) is 5.29. The highest BCUT2D eigenvalue weighted by Crippen LogP contribution is 2.30. The Morgan fingerprint density at radius 2 is 1.88 bits per heavy atom. The van der Waals surface area contributed by atoms with Crippen LogP contribution in [-0.2, 0) is 6.54 Å². The summed E-state index contributed by atoms with van der Waals surface area (Å²) >= 11 is 1.76. The molecule has 0 amide bonds. The molecule has 4 rings (SSSR count). The van der Waals surface area contributed by atoms with Crippen molar-refractivity contribution in [1.82, 2.24) is 19.9 Å². The lowest BCUT2D eigenvalue weighted by Crippen LogP contribution is -2.03. The van der Waals surface area contributed by atoms with Crippen LogP contribution in [0.2, 0.25) is 0 Å². The second-order valence-corrected chi connectivity index (χ2v) is 7.18. The number of rotatable bonds is 4. The molecule has 0 atom stereocenters. The van der Waals surface area contributed by atoms with E-state index in [0.717, 1.165) is 28.0 Å². The minimum Gasteiger partial charge on any atom is -0.365 e. The van der Waals surface area contributed by atoms with E-state index in [4.69, 9.17) is 0 Å². The average molecular weight is 347 g/mol. The summed E-state index contributed by atoms with van der Waals surface area (Å²) in [5, 5.41) is 4.30. The van der Waals surface area contributed by atoms with Crippen molar-refractivity contribution in [3.8, 4) is 10.4 Å². The van der Waals surface area contributed by atoms with Gasteiger partial charge in [-0.3, -0.25) is 4.98 Å². The normalized spacial score (nSPS) is 11.0. The molecule has 0 fully saturated rings. The van der Waals surface area contributed by atoms with Crippen molar-refractivity contribution in [2.75, 3.05) is 5.32 Å². The molecular weight excluding hydrogens is 330 g/mol. The minimum atomic E-state index is 0.654. The minimum absolute atomic E-state index is 0.654. The highest BCUT2D eigenvalue weighted by Gasteiger charge is 2.08. The van der Waals surface area contributed by atoms with Gasteiger partial charge in [-0.1, -0.05) is 6.07 Å². The third kappa shape index (κ3) is 3.34. The molecule has 4 aromatic rings. The molecule has 0 saturated heterocycles. The highest BCUT2D eigenvalue weighted by atomic mass is 32.1. The summed E-state index contributed by atoms with van der Waals surface area (Å²) in [4.78, 5) is 20.0. The van der Waals surface area contributed by atoms with Crippen molar-refractivity contribution >= 4 is 28.2 Å². The first-order valence-corrected chi connectivity index (χ1v) is 8.84. The average Bonchev–Trinajstić information content (AvgIpc) is 3.07. The Bertz CT molecular complexity index is 1020. The molecule has 0 aliphatic carbocycles. The molecular formula is C19H17N5S. The predicted octanol–water partition coefficient (Wildman–Crippen LogP) is 4.38. The number of nitrogens with one attached hydrogen (secondary N) is 1. The molecule has 5 nitrogen and oxygen atoms in total. The third-order valence-corrected chi connectivity index (χ3v) is 5.00. The van der Waals surface area contributed by atoms with Crippen LogP contribution < -0.4 is 5.32 Å². The Morgan fingerprint density at radius 3 is 2.64 bits per heavy atom. The summed E-state index contributed by atoms with van der Waals surface area (Å²) < 4.78 is 0. The number of aryl methyl sites for hydroxylation is 2. The summed E-state index contributed by atoms with van der Waals surface area (Å²) in [7, 11) is 0. The standard InChI is InChI=1S/C19H17N5S/c1-12-3-5-14(8-20-12)9-21-18-16-7-15(17-6-4-13(2)25-17)10-22-19(16)24-11-23-18/h3-8,10-11H,9H2,1-2H3,(H,21,22,23,24). The van der Waals surface area contributed by atoms with E-state index in [1.165, 1.54) is 9.75 Å². The zero-order valence-electron chi connectivity index (χ0n) is 14.0. The van der Waals surface area contributed by atoms with Gasteiger partial charge in [0.1, 0.15) is 12.1 Å². The first-order chi connectivity index (χ1) is 12.2. The van der Waals surface area contributed by atoms with E-state index in [9.17, 15) is 0 Å². The second kappa shape index (κ2) is 6.57. The Balaban J connectivity index is 1.67. The van der Waals surface area contributed by atoms with Crippen LogP contribution in [-0.4, -0.2) is 19.9 Å². The van der Waals surface area contributed by atoms with E-state index in [0.29, 0.717) is 12.2 Å². The fraction of sp³-hybridized carbons (Fsp3) is 0.158. The molecule has 25 heavy (non-hydrogen) atoms. The number of hydrogen-bond donors (Lipinski definition) is 1. The molecule has 0 bridgehead atoms. The number of thiophene rings is 1. The van der Waals surface area contributed by atoms with Crippen LogP contribution in [0.4, 0.5) is 5.82 Å². The van der Waals surface area contributed by atoms with Gasteiger partial charge in [0.15, 0.2) is 5.65 Å². The van der Waals surface area contributed by atoms with Gasteiger partial charge < -0.3 is 5.32 Å². The number of nitrogens with zero attached hydrogens (tertiary/aromatic N) is 4. The van der Waals surface area contributed by atoms with Crippen LogP contribution in [0.15, 0.2) is 49.1 Å². The number of pyridine rings is 2. The van der Waals surface area contributed by atoms with Crippen LogP contribution in [0.25, 0.3) is 21.5 Å². The predicted molar refractivity (Wildman–Crippen MR) is 102 cm³/mol. The number of fused-ring (bicyclic) bond motifs is 1. The van der Waals surface area contributed by atoms with E-state index in [1.807, 2.05) is 25.4 Å². The van der Waals surface area contributed by atoms with Gasteiger partial charge in [-0.05, 0) is 43.7 Å². The first kappa shape index (κ1) is 15.7. The Labute approximate surface area is 149 Å². The molecule has 124 valence electrons. The van der Waals surface area contributed by atoms with Crippen LogP contribution in [0, 0.1) is 13.8 Å². The largest absolute Gasteiger partial charge is 0.365 e. The lowest BCUT2D eigenvalue weighted by atomic mass is 10.2. The van der Waals surface area contributed by atoms with Crippen molar-refractivity contribution in [2.45, 2.75) is 20.4 Å². The first-order valence-electron chi connectivity index (χ1n) is 8.02. The molecule has 4 aromatic heterocycles. The molecule has 0 unspecified atom stereocenters. The van der Waals surface area contributed by atoms with Crippen molar-refractivity contribution in [3.05, 3.63) is 65.2 Å². The van der Waals surface area contributed by atoms with E-state index in [-0.39, 0.29) is 0 Å². The summed E-state index contributed by atoms with van der Waals surface area (Å²) in [5.41, 5.74) is 3.89. The van der Waals surface area contributed by atoms with Gasteiger partial charge in [0.2, 0.25) is 0 Å². The monoisotopic (exact) mass is 347 g/mol. The molecule has 0 aliphatic heterocycles. The maximum absolute atomic E-state index is 4.50. The van der Waals surface area contributed by atoms with Crippen molar-refractivity contribution < 1.29 is 0 Å². The molecule has 0 radical (unpaired) electrons. The summed E-state index contributed by atoms with van der Waals surface area (Å²) in [6.45, 7) is 4.74. The molecule has 0 aliphatic rings. The van der Waals surface area contributed by atoms with Crippen LogP contribution in [0.5, 0.6) is 0 Å². The highest BCUT2D eigenvalue weighted by molar-refractivity contribution is 7.15. The Kier molecular flexibility index (Phi) is 4.11. The van der Waals surface area contributed by atoms with Gasteiger partial charge in [0.05, 0.1) is 5.39 Å². The third-order valence-electron chi connectivity index (χ3n) is 3.95. The summed E-state index contributed by atoms with van der Waals surface area (Å²) in [6, 6.07) is 10.4. The van der Waals surface area contributed by atoms with Crippen molar-refractivity contribution in [1.29, 1.82) is 0 Å². The summed E-state index contributed by atoms with van der Waals surface area (Å²) in [5.74, 6) is 0.785. The van der Waals surface area contributed by atoms with Crippen molar-refractivity contribution in [2.24, 2.45) is 0 Å². The quantitative estimate of drug-likeness (QED) is 0.593. The molecule has 6 heteroatoms. The fourth-order valence-electron chi connectivity index (χ4n) is 2.60. The number of anilines is 1. The van der Waals surface area contributed by atoms with Gasteiger partial charge >= 0.3 is 0 Å². The molecule has 1 N–H and O–H groups in total. The molecule has 0 aromatic carbocycles. The molecule has 4 heterocycles. The van der Waals surface area contributed by atoms with E-state index in [1.54, 1.807) is 17.7 Å². The zero-order valence-corrected chi connectivity index (χ0v) is 14.8. The SMILES string of the molecule is Cc1ccc(CNc2ncnc3ncc(-c4ccc(C)s4)cc23)cn1. The Morgan fingerprint density at radius 1 is 0.960 bits per heavy atom. The molecule has 0 spiro atoms. The van der Waals surface area contributed by atoms with Gasteiger partial charge in [0, 0.05) is 40.0 Å². The maximum atomic E-state index is 4.50. The van der Waals surface area contributed by atoms with Crippen LogP contribution in [0.1, 0.15) is 16.1 Å². The van der Waals surface area contributed by atoms with Crippen molar-refractivity contribution in [3.63, 3.8) is 0 Å². The zero-order chi connectivity index (χ0) is 17.2. The number of aromatic nitrogens is 4. The number of hydrogen-bond acceptors (Lipinski definition) is 6. The fourth-order valence-corrected chi connectivity index (χ4v) is 3.45. The van der Waals surface area contributed by atoms with Gasteiger partial charge in [-0.15, -0.1) is 11.3 Å². The van der Waals surface area contributed by atoms with E-state index in [2.05, 4.69) is 56.4 Å². The molecule has 0 saturated carbocycles. The van der Waals surface area contributed by atoms with E-state index >= 15 is 0 Å². The van der Waals surface area contributed by atoms with E-state index < -0.39 is 0 Å². The smallest absolute Gasteiger partial charge is 0.164 e. The topological polar surface area (TPSA) is 63.6 Å². The lowest BCUT2D eigenvalue weighted by Gasteiger charge is -2.09. The van der Waals surface area contributed by atoms with Crippen LogP contribution >= 0.6 is 11.3 Å².